The summed E-state index contributed by atoms with van der Waals surface area (Å²) < 4.78 is 14.0. The zero-order chi connectivity index (χ0) is 15.6. The van der Waals surface area contributed by atoms with E-state index in [4.69, 9.17) is 5.73 Å². The number of aryl methyl sites for hydroxylation is 1. The van der Waals surface area contributed by atoms with E-state index < -0.39 is 11.7 Å². The van der Waals surface area contributed by atoms with Crippen molar-refractivity contribution in [1.82, 2.24) is 0 Å². The lowest BCUT2D eigenvalue weighted by molar-refractivity contribution is 0.100. The highest BCUT2D eigenvalue weighted by Crippen LogP contribution is 2.19. The Hall–Kier alpha value is -2.69. The number of nitrogens with two attached hydrogens (primary N) is 1. The molecule has 0 radical (unpaired) electrons. The molecule has 2 rings (SSSR count). The van der Waals surface area contributed by atoms with E-state index in [2.05, 4.69) is 5.32 Å². The summed E-state index contributed by atoms with van der Waals surface area (Å²) >= 11 is 0. The lowest BCUT2D eigenvalue weighted by Gasteiger charge is -2.09. The number of hydrogen-bond donors (Lipinski definition) is 2. The molecule has 3 N–H and O–H groups in total. The molecule has 0 heterocycles. The van der Waals surface area contributed by atoms with E-state index in [1.54, 1.807) is 25.1 Å². The molecule has 0 unspecified atom stereocenters. The summed E-state index contributed by atoms with van der Waals surface area (Å²) in [6, 6.07) is 9.20. The monoisotopic (exact) mass is 286 g/mol. The van der Waals surface area contributed by atoms with E-state index >= 15 is 0 Å². The molecule has 2 aromatic carbocycles. The van der Waals surface area contributed by atoms with Crippen LogP contribution in [0.4, 0.5) is 15.8 Å². The lowest BCUT2D eigenvalue weighted by atomic mass is 10.1. The van der Waals surface area contributed by atoms with Gasteiger partial charge in [-0.05, 0) is 43.7 Å². The zero-order valence-corrected chi connectivity index (χ0v) is 11.7. The second kappa shape index (κ2) is 5.75. The second-order valence-corrected chi connectivity index (χ2v) is 4.79. The number of halogens is 1. The Morgan fingerprint density at radius 3 is 2.57 bits per heavy atom. The largest absolute Gasteiger partial charge is 0.399 e. The first-order chi connectivity index (χ1) is 9.88. The molecule has 0 fully saturated rings. The van der Waals surface area contributed by atoms with Crippen molar-refractivity contribution in [1.29, 1.82) is 0 Å². The molecule has 0 atom stereocenters. The van der Waals surface area contributed by atoms with Crippen molar-refractivity contribution >= 4 is 23.1 Å². The van der Waals surface area contributed by atoms with Gasteiger partial charge in [-0.15, -0.1) is 0 Å². The van der Waals surface area contributed by atoms with Crippen LogP contribution in [0.3, 0.4) is 0 Å². The van der Waals surface area contributed by atoms with Gasteiger partial charge in [0.2, 0.25) is 0 Å². The molecule has 0 saturated carbocycles. The number of Topliss-reactive ketones (excluding diaryl/α,β-unsaturated/α-hetero) is 1. The van der Waals surface area contributed by atoms with Crippen molar-refractivity contribution in [2.75, 3.05) is 11.1 Å². The molecule has 1 amide bonds. The molecule has 2 aromatic rings. The summed E-state index contributed by atoms with van der Waals surface area (Å²) in [4.78, 5) is 23.4. The molecular formula is C16H15FN2O2. The molecule has 0 saturated heterocycles. The molecule has 108 valence electrons. The summed E-state index contributed by atoms with van der Waals surface area (Å²) in [5, 5.41) is 2.56. The number of rotatable bonds is 3. The van der Waals surface area contributed by atoms with Gasteiger partial charge in [0, 0.05) is 16.9 Å². The SMILES string of the molecule is CC(=O)c1cccc(NC(=O)c2cc(N)cc(C)c2F)c1. The summed E-state index contributed by atoms with van der Waals surface area (Å²) in [5.41, 5.74) is 7.02. The van der Waals surface area contributed by atoms with Crippen LogP contribution in [0.5, 0.6) is 0 Å². The van der Waals surface area contributed by atoms with Crippen LogP contribution in [0.2, 0.25) is 0 Å². The predicted octanol–water partition coefficient (Wildman–Crippen LogP) is 3.17. The van der Waals surface area contributed by atoms with Crippen LogP contribution < -0.4 is 11.1 Å². The Balaban J connectivity index is 2.30. The van der Waals surface area contributed by atoms with Crippen molar-refractivity contribution < 1.29 is 14.0 Å². The van der Waals surface area contributed by atoms with E-state index in [-0.39, 0.29) is 11.3 Å². The predicted molar refractivity (Wildman–Crippen MR) is 79.9 cm³/mol. The molecule has 0 aromatic heterocycles. The Morgan fingerprint density at radius 2 is 1.90 bits per heavy atom. The van der Waals surface area contributed by atoms with E-state index in [1.165, 1.54) is 25.1 Å². The van der Waals surface area contributed by atoms with Gasteiger partial charge in [0.25, 0.3) is 5.91 Å². The second-order valence-electron chi connectivity index (χ2n) is 4.79. The first-order valence-corrected chi connectivity index (χ1v) is 6.36. The maximum atomic E-state index is 14.0. The van der Waals surface area contributed by atoms with Gasteiger partial charge < -0.3 is 11.1 Å². The summed E-state index contributed by atoms with van der Waals surface area (Å²) in [6.45, 7) is 2.97. The topological polar surface area (TPSA) is 72.2 Å². The van der Waals surface area contributed by atoms with Crippen molar-refractivity contribution in [3.63, 3.8) is 0 Å². The minimum Gasteiger partial charge on any atom is -0.399 e. The minimum atomic E-state index is -0.608. The quantitative estimate of drug-likeness (QED) is 0.672. The number of benzene rings is 2. The first kappa shape index (κ1) is 14.7. The molecular weight excluding hydrogens is 271 g/mol. The molecule has 0 aliphatic heterocycles. The van der Waals surface area contributed by atoms with Crippen LogP contribution in [0.1, 0.15) is 33.2 Å². The molecule has 21 heavy (non-hydrogen) atoms. The smallest absolute Gasteiger partial charge is 0.258 e. The van der Waals surface area contributed by atoms with Gasteiger partial charge in [0.15, 0.2) is 5.78 Å². The lowest BCUT2D eigenvalue weighted by Crippen LogP contribution is -2.15. The molecule has 0 bridgehead atoms. The van der Waals surface area contributed by atoms with Crippen molar-refractivity contribution in [3.05, 3.63) is 58.9 Å². The summed E-state index contributed by atoms with van der Waals surface area (Å²) in [7, 11) is 0. The highest BCUT2D eigenvalue weighted by Gasteiger charge is 2.15. The molecule has 0 aliphatic carbocycles. The van der Waals surface area contributed by atoms with Crippen molar-refractivity contribution in [2.45, 2.75) is 13.8 Å². The molecule has 0 aliphatic rings. The van der Waals surface area contributed by atoms with Gasteiger partial charge in [-0.3, -0.25) is 9.59 Å². The van der Waals surface area contributed by atoms with E-state index in [0.29, 0.717) is 22.5 Å². The summed E-state index contributed by atoms with van der Waals surface area (Å²) in [5.74, 6) is -1.33. The highest BCUT2D eigenvalue weighted by atomic mass is 19.1. The van der Waals surface area contributed by atoms with Gasteiger partial charge in [0.1, 0.15) is 5.82 Å². The molecule has 0 spiro atoms. The fourth-order valence-electron chi connectivity index (χ4n) is 1.98. The number of anilines is 2. The van der Waals surface area contributed by atoms with Crippen LogP contribution in [0, 0.1) is 12.7 Å². The maximum absolute atomic E-state index is 14.0. The van der Waals surface area contributed by atoms with Crippen LogP contribution in [-0.2, 0) is 0 Å². The number of ketones is 1. The average molecular weight is 286 g/mol. The van der Waals surface area contributed by atoms with E-state index in [0.717, 1.165) is 0 Å². The number of nitrogen functional groups attached to an aromatic ring is 1. The van der Waals surface area contributed by atoms with Crippen LogP contribution in [0.15, 0.2) is 36.4 Å². The average Bonchev–Trinajstić information content (AvgIpc) is 2.43. The van der Waals surface area contributed by atoms with Crippen LogP contribution in [-0.4, -0.2) is 11.7 Å². The molecule has 5 heteroatoms. The number of carbonyl (C=O) groups excluding carboxylic acids is 2. The third-order valence-electron chi connectivity index (χ3n) is 3.05. The number of carbonyl (C=O) groups is 2. The molecule has 4 nitrogen and oxygen atoms in total. The fraction of sp³-hybridized carbons (Fsp3) is 0.125. The Morgan fingerprint density at radius 1 is 1.19 bits per heavy atom. The zero-order valence-electron chi connectivity index (χ0n) is 11.7. The maximum Gasteiger partial charge on any atom is 0.258 e. The van der Waals surface area contributed by atoms with Crippen LogP contribution in [0.25, 0.3) is 0 Å². The van der Waals surface area contributed by atoms with E-state index in [1.807, 2.05) is 0 Å². The standard InChI is InChI=1S/C16H15FN2O2/c1-9-6-12(18)8-14(15(9)17)16(21)19-13-5-3-4-11(7-13)10(2)20/h3-8H,18H2,1-2H3,(H,19,21). The van der Waals surface area contributed by atoms with E-state index in [9.17, 15) is 14.0 Å². The number of hydrogen-bond acceptors (Lipinski definition) is 3. The number of amides is 1. The highest BCUT2D eigenvalue weighted by molar-refractivity contribution is 6.06. The van der Waals surface area contributed by atoms with Gasteiger partial charge >= 0.3 is 0 Å². The Kier molecular flexibility index (Phi) is 4.03. The van der Waals surface area contributed by atoms with Crippen molar-refractivity contribution in [3.8, 4) is 0 Å². The normalized spacial score (nSPS) is 10.2. The minimum absolute atomic E-state index is 0.114. The Labute approximate surface area is 121 Å². The third kappa shape index (κ3) is 3.25. The fourth-order valence-corrected chi connectivity index (χ4v) is 1.98. The van der Waals surface area contributed by atoms with Gasteiger partial charge in [0.05, 0.1) is 5.56 Å². The van der Waals surface area contributed by atoms with Gasteiger partial charge in [-0.2, -0.15) is 0 Å². The van der Waals surface area contributed by atoms with Crippen LogP contribution >= 0.6 is 0 Å². The summed E-state index contributed by atoms with van der Waals surface area (Å²) in [6.07, 6.45) is 0. The van der Waals surface area contributed by atoms with Crippen molar-refractivity contribution in [2.24, 2.45) is 0 Å². The van der Waals surface area contributed by atoms with Gasteiger partial charge in [-0.1, -0.05) is 12.1 Å². The Bertz CT molecular complexity index is 726. The van der Waals surface area contributed by atoms with Gasteiger partial charge in [-0.25, -0.2) is 4.39 Å². The first-order valence-electron chi connectivity index (χ1n) is 6.36. The number of nitrogens with one attached hydrogen (secondary N) is 1. The third-order valence-corrected chi connectivity index (χ3v) is 3.05.